The fourth-order valence-corrected chi connectivity index (χ4v) is 25.4. The van der Waals surface area contributed by atoms with Crippen LogP contribution in [0.5, 0.6) is 0 Å². The summed E-state index contributed by atoms with van der Waals surface area (Å²) >= 11 is 0. The molecule has 579 valence electrons. The number of rotatable bonds is 14. The number of alkyl halides is 6. The van der Waals surface area contributed by atoms with Crippen LogP contribution in [0.1, 0.15) is 0 Å². The summed E-state index contributed by atoms with van der Waals surface area (Å²) in [6.45, 7) is 0. The molecule has 0 spiro atoms. The summed E-state index contributed by atoms with van der Waals surface area (Å²) in [7, 11) is -25.3. The Balaban J connectivity index is 0.000000186. The van der Waals surface area contributed by atoms with Gasteiger partial charge in [0.2, 0.25) is 0 Å². The number of hydrogen-bond acceptors (Lipinski definition) is 11. The van der Waals surface area contributed by atoms with Gasteiger partial charge in [-0.05, 0) is 67.4 Å². The maximum atomic E-state index is 16.2. The Bertz CT molecular complexity index is 5630. The third-order valence-electron chi connectivity index (χ3n) is 19.0. The minimum atomic E-state index is -6.09. The van der Waals surface area contributed by atoms with E-state index >= 15 is 18.3 Å². The summed E-state index contributed by atoms with van der Waals surface area (Å²) in [5.74, 6) is 0. The first-order valence-electron chi connectivity index (χ1n) is 35.1. The molecule has 0 fully saturated rings. The van der Waals surface area contributed by atoms with E-state index in [-0.39, 0.29) is 17.1 Å². The average Bonchev–Trinajstić information content (AvgIpc) is 0.715. The molecule has 11 nitrogen and oxygen atoms in total. The zero-order valence-corrected chi connectivity index (χ0v) is 67.0. The maximum absolute atomic E-state index is 16.2. The molecule has 0 N–H and O–H groups in total. The van der Waals surface area contributed by atoms with E-state index in [1.54, 1.807) is 0 Å². The molecule has 0 heterocycles. The van der Waals surface area contributed by atoms with Gasteiger partial charge < -0.3 is 32.5 Å². The fourth-order valence-electron chi connectivity index (χ4n) is 14.0. The van der Waals surface area contributed by atoms with Crippen LogP contribution in [0.2, 0.25) is 0 Å². The molecule has 16 aromatic rings. The minimum Gasteiger partial charge on any atom is -0.857 e. The summed E-state index contributed by atoms with van der Waals surface area (Å²) in [6, 6.07) is 128. The maximum Gasteiger partial charge on any atom is 3.00 e. The van der Waals surface area contributed by atoms with Gasteiger partial charge in [-0.15, -0.1) is 0 Å². The second-order valence-corrected chi connectivity index (χ2v) is 39.3. The first kappa shape index (κ1) is 85.2. The van der Waals surface area contributed by atoms with E-state index in [1.165, 1.54) is 0 Å². The summed E-state index contributed by atoms with van der Waals surface area (Å²) in [5, 5.41) is 25.1. The van der Waals surface area contributed by atoms with E-state index in [1.807, 2.05) is 315 Å². The van der Waals surface area contributed by atoms with Gasteiger partial charge in [0, 0.05) is 85.9 Å². The molecule has 0 aliphatic carbocycles. The average molecular weight is 1690 g/mol. The van der Waals surface area contributed by atoms with E-state index in [2.05, 4.69) is 72.8 Å². The van der Waals surface area contributed by atoms with Gasteiger partial charge >= 0.3 is 28.1 Å². The molecule has 16 aromatic carbocycles. The van der Waals surface area contributed by atoms with Gasteiger partial charge in [0.05, 0.1) is 0 Å². The van der Waals surface area contributed by atoms with Crippen LogP contribution in [0.3, 0.4) is 0 Å². The van der Waals surface area contributed by atoms with Crippen molar-refractivity contribution in [2.75, 3.05) is 7.11 Å². The molecule has 115 heavy (non-hydrogen) atoms. The molecule has 0 amide bonds. The molecular weight excluding hydrogens is 1630 g/mol. The monoisotopic (exact) mass is 1690 g/mol. The van der Waals surface area contributed by atoms with E-state index in [9.17, 15) is 26.3 Å². The van der Waals surface area contributed by atoms with E-state index in [0.717, 1.165) is 136 Å². The molecule has 0 saturated heterocycles. The van der Waals surface area contributed by atoms with Crippen molar-refractivity contribution < 1.29 is 92.7 Å². The molecule has 0 saturated carbocycles. The molecular formula is C91H67F6FeO11P4S2. The van der Waals surface area contributed by atoms with E-state index in [0.29, 0.717) is 0 Å². The summed E-state index contributed by atoms with van der Waals surface area (Å²) < 4.78 is 183. The van der Waals surface area contributed by atoms with Crippen LogP contribution in [0.25, 0.3) is 65.3 Å². The summed E-state index contributed by atoms with van der Waals surface area (Å²) in [5.41, 5.74) is -7.89. The molecule has 0 aliphatic heterocycles. The largest absolute Gasteiger partial charge is 3.00 e. The zero-order chi connectivity index (χ0) is 81.1. The van der Waals surface area contributed by atoms with Crippen molar-refractivity contribution in [1.82, 2.24) is 0 Å². The molecule has 1 radical (unpaired) electrons. The normalized spacial score (nSPS) is 11.9. The van der Waals surface area contributed by atoms with Crippen molar-refractivity contribution in [2.45, 2.75) is 11.0 Å². The van der Waals surface area contributed by atoms with E-state index in [4.69, 9.17) is 31.0 Å². The summed E-state index contributed by atoms with van der Waals surface area (Å²) in [6.07, 6.45) is 0. The minimum absolute atomic E-state index is 0. The smallest absolute Gasteiger partial charge is 0.857 e. The third-order valence-corrected chi connectivity index (χ3v) is 32.6. The Morgan fingerprint density at radius 2 is 0.339 bits per heavy atom. The second kappa shape index (κ2) is 36.0. The van der Waals surface area contributed by atoms with Crippen molar-refractivity contribution in [2.24, 2.45) is 0 Å². The fraction of sp³-hybridized carbons (Fsp3) is 0.0330. The van der Waals surface area contributed by atoms with Crippen molar-refractivity contribution >= 4 is 156 Å². The molecule has 0 aromatic heterocycles. The molecule has 0 aliphatic rings. The molecule has 16 rings (SSSR count). The molecule has 24 heteroatoms. The topological polar surface area (TPSA) is 206 Å². The first-order chi connectivity index (χ1) is 54.7. The Labute approximate surface area is 672 Å². The van der Waals surface area contributed by atoms with E-state index < -0.39 is 59.8 Å². The number of halogens is 6. The van der Waals surface area contributed by atoms with Gasteiger partial charge in [-0.25, -0.2) is 16.8 Å². The predicted octanol–water partition coefficient (Wildman–Crippen LogP) is 17.0. The first-order valence-corrected chi connectivity index (χ1v) is 44.7. The molecule has 0 bridgehead atoms. The Morgan fingerprint density at radius 3 is 0.470 bits per heavy atom. The van der Waals surface area contributed by atoms with Crippen LogP contribution in [0.15, 0.2) is 388 Å². The van der Waals surface area contributed by atoms with Crippen LogP contribution in [-0.4, -0.2) is 44.1 Å². The zero-order valence-electron chi connectivity index (χ0n) is 60.7. The Morgan fingerprint density at radius 1 is 0.217 bits per heavy atom. The van der Waals surface area contributed by atoms with Gasteiger partial charge in [-0.3, -0.25) is 0 Å². The van der Waals surface area contributed by atoms with Gasteiger partial charge in [-0.1, -0.05) is 364 Å². The molecule has 0 atom stereocenters. The van der Waals surface area contributed by atoms with Crippen molar-refractivity contribution in [3.63, 3.8) is 0 Å². The van der Waals surface area contributed by atoms with Gasteiger partial charge in [0.25, 0.3) is 0 Å². The number of fused-ring (bicyclic) bond motifs is 4. The van der Waals surface area contributed by atoms with Gasteiger partial charge in [0.1, 0.15) is 0 Å². The quantitative estimate of drug-likeness (QED) is 0.0329. The van der Waals surface area contributed by atoms with Crippen molar-refractivity contribution in [3.8, 4) is 22.3 Å². The van der Waals surface area contributed by atoms with Crippen LogP contribution < -0.4 is 68.8 Å². The van der Waals surface area contributed by atoms with Crippen LogP contribution in [-0.2, 0) is 55.6 Å². The molecule has 0 unspecified atom stereocenters. The number of hydrogen-bond donors (Lipinski definition) is 0. The Kier molecular flexibility index (Phi) is 26.7. The van der Waals surface area contributed by atoms with Crippen LogP contribution >= 0.6 is 28.6 Å². The predicted molar refractivity (Wildman–Crippen MR) is 449 cm³/mol. The number of benzene rings is 16. The summed E-state index contributed by atoms with van der Waals surface area (Å²) in [4.78, 5) is 0. The van der Waals surface area contributed by atoms with Crippen molar-refractivity contribution in [1.29, 1.82) is 0 Å². The third kappa shape index (κ3) is 17.4. The second-order valence-electron chi connectivity index (χ2n) is 25.6. The van der Waals surface area contributed by atoms with Crippen molar-refractivity contribution in [3.05, 3.63) is 388 Å². The SMILES string of the molecule is C[O-].O=P(c1ccccc1)(c1ccccc1)c1ccc2ccccc2c1-c1c(P(=O)(c2ccccc2)c2ccccc2)ccc2ccccc12.O=P(c1ccccc1)(c1ccccc1)c1ccc2ccccc2c1-c1c(P(=O)(c2ccccc2)c2ccccc2)ccc2ccccc12.O=S(=O)([O-])C(F)(F)F.O=S(=O)([O-])C(F)(F)F.[Fe+3]. The standard InChI is InChI=1S/2C44H32O2P2.2CHF3O3S.CH3O.Fe/c2*45-47(35-19-5-1-6-20-35,36-21-7-2-8-22-36)41-31-29-33-17-13-15-27-39(33)43(41)44-40-28-16-14-18-34(40)30-32-42(44)48(46,37-23-9-3-10-24-37)38-25-11-4-12-26-38;2*2-1(3,4)8(5,6)7;1-2;/h2*1-32H;2*(H,5,6,7);1H3;/q;;;;-1;+3/p-2. The van der Waals surface area contributed by atoms with Gasteiger partial charge in [-0.2, -0.15) is 33.5 Å². The Hall–Kier alpha value is -10.6. The van der Waals surface area contributed by atoms with Crippen LogP contribution in [0, 0.1) is 0 Å². The van der Waals surface area contributed by atoms with Crippen LogP contribution in [0.4, 0.5) is 26.3 Å². The van der Waals surface area contributed by atoms with Gasteiger partial charge in [0.15, 0.2) is 48.8 Å².